The quantitative estimate of drug-likeness (QED) is 0.655. The molecule has 1 atom stereocenters. The SMILES string of the molecule is NNC(c1cccc(Br)c1Cl)c1cccc2c1OCC2. The van der Waals surface area contributed by atoms with Crippen LogP contribution in [0, 0.1) is 0 Å². The molecule has 0 aromatic heterocycles. The number of halogens is 2. The third kappa shape index (κ3) is 2.33. The fourth-order valence-electron chi connectivity index (χ4n) is 2.56. The molecule has 0 saturated carbocycles. The minimum absolute atomic E-state index is 0.201. The molecule has 0 saturated heterocycles. The van der Waals surface area contributed by atoms with Crippen LogP contribution in [0.15, 0.2) is 40.9 Å². The van der Waals surface area contributed by atoms with Gasteiger partial charge in [-0.1, -0.05) is 41.9 Å². The standard InChI is InChI=1S/C15H14BrClN2O/c16-12-6-2-4-10(13(12)17)14(19-18)11-5-1-3-9-7-8-20-15(9)11/h1-6,14,19H,7-8,18H2. The minimum Gasteiger partial charge on any atom is -0.493 e. The summed E-state index contributed by atoms with van der Waals surface area (Å²) in [6.07, 6.45) is 0.937. The number of hydrazine groups is 1. The number of hydrogen-bond donors (Lipinski definition) is 2. The van der Waals surface area contributed by atoms with Crippen molar-refractivity contribution in [2.45, 2.75) is 12.5 Å². The highest BCUT2D eigenvalue weighted by atomic mass is 79.9. The predicted octanol–water partition coefficient (Wildman–Crippen LogP) is 3.59. The Morgan fingerprint density at radius 2 is 1.95 bits per heavy atom. The lowest BCUT2D eigenvalue weighted by Gasteiger charge is -2.21. The van der Waals surface area contributed by atoms with Gasteiger partial charge < -0.3 is 4.74 Å². The molecule has 0 amide bonds. The monoisotopic (exact) mass is 352 g/mol. The van der Waals surface area contributed by atoms with Crippen LogP contribution in [-0.4, -0.2) is 6.61 Å². The van der Waals surface area contributed by atoms with E-state index in [0.717, 1.165) is 34.4 Å². The normalized spacial score (nSPS) is 14.8. The minimum atomic E-state index is -0.201. The van der Waals surface area contributed by atoms with E-state index in [1.807, 2.05) is 30.3 Å². The zero-order valence-corrected chi connectivity index (χ0v) is 13.0. The lowest BCUT2D eigenvalue weighted by atomic mass is 9.96. The summed E-state index contributed by atoms with van der Waals surface area (Å²) in [5.41, 5.74) is 6.00. The van der Waals surface area contributed by atoms with E-state index in [-0.39, 0.29) is 6.04 Å². The fraction of sp³-hybridized carbons (Fsp3) is 0.200. The molecule has 3 rings (SSSR count). The molecule has 2 aromatic carbocycles. The van der Waals surface area contributed by atoms with E-state index in [4.69, 9.17) is 22.2 Å². The number of fused-ring (bicyclic) bond motifs is 1. The fourth-order valence-corrected chi connectivity index (χ4v) is 3.18. The van der Waals surface area contributed by atoms with Crippen LogP contribution < -0.4 is 16.0 Å². The van der Waals surface area contributed by atoms with E-state index in [9.17, 15) is 0 Å². The second-order valence-corrected chi connectivity index (χ2v) is 5.91. The Kier molecular flexibility index (Phi) is 3.98. The Hall–Kier alpha value is -1.07. The summed E-state index contributed by atoms with van der Waals surface area (Å²) in [5.74, 6) is 6.69. The number of para-hydroxylation sites is 1. The molecule has 1 aliphatic heterocycles. The highest BCUT2D eigenvalue weighted by Crippen LogP contribution is 2.39. The van der Waals surface area contributed by atoms with Gasteiger partial charge in [-0.3, -0.25) is 5.84 Å². The summed E-state index contributed by atoms with van der Waals surface area (Å²) < 4.78 is 6.61. The van der Waals surface area contributed by atoms with E-state index in [1.54, 1.807) is 0 Å². The highest BCUT2D eigenvalue weighted by Gasteiger charge is 2.24. The number of benzene rings is 2. The highest BCUT2D eigenvalue weighted by molar-refractivity contribution is 9.10. The van der Waals surface area contributed by atoms with Gasteiger partial charge in [0.2, 0.25) is 0 Å². The number of nitrogens with one attached hydrogen (secondary N) is 1. The van der Waals surface area contributed by atoms with Gasteiger partial charge in [-0.15, -0.1) is 0 Å². The van der Waals surface area contributed by atoms with E-state index in [1.165, 1.54) is 5.56 Å². The third-order valence-electron chi connectivity index (χ3n) is 3.51. The average Bonchev–Trinajstić information content (AvgIpc) is 2.93. The van der Waals surface area contributed by atoms with Crippen molar-refractivity contribution in [1.29, 1.82) is 0 Å². The Bertz CT molecular complexity index is 648. The van der Waals surface area contributed by atoms with E-state index in [2.05, 4.69) is 27.4 Å². The lowest BCUT2D eigenvalue weighted by Crippen LogP contribution is -2.29. The second-order valence-electron chi connectivity index (χ2n) is 4.68. The van der Waals surface area contributed by atoms with Gasteiger partial charge in [-0.25, -0.2) is 5.43 Å². The Morgan fingerprint density at radius 1 is 1.20 bits per heavy atom. The molecule has 1 heterocycles. The number of nitrogens with two attached hydrogens (primary N) is 1. The van der Waals surface area contributed by atoms with Crippen molar-refractivity contribution in [2.75, 3.05) is 6.61 Å². The maximum Gasteiger partial charge on any atom is 0.127 e. The molecule has 104 valence electrons. The summed E-state index contributed by atoms with van der Waals surface area (Å²) in [4.78, 5) is 0. The van der Waals surface area contributed by atoms with Crippen molar-refractivity contribution in [1.82, 2.24) is 5.43 Å². The topological polar surface area (TPSA) is 47.3 Å². The molecule has 1 unspecified atom stereocenters. The second kappa shape index (κ2) is 5.74. The number of hydrogen-bond acceptors (Lipinski definition) is 3. The zero-order chi connectivity index (χ0) is 14.1. The molecule has 1 aliphatic rings. The molecule has 0 radical (unpaired) electrons. The van der Waals surface area contributed by atoms with Crippen LogP contribution in [0.25, 0.3) is 0 Å². The molecule has 20 heavy (non-hydrogen) atoms. The van der Waals surface area contributed by atoms with Crippen LogP contribution in [0.1, 0.15) is 22.7 Å². The maximum absolute atomic E-state index is 6.38. The molecule has 2 aromatic rings. The van der Waals surface area contributed by atoms with Gasteiger partial charge in [0.15, 0.2) is 0 Å². The van der Waals surface area contributed by atoms with Crippen molar-refractivity contribution in [2.24, 2.45) is 5.84 Å². The first-order valence-corrected chi connectivity index (χ1v) is 7.54. The summed E-state index contributed by atoms with van der Waals surface area (Å²) >= 11 is 9.83. The van der Waals surface area contributed by atoms with Crippen molar-refractivity contribution in [3.8, 4) is 5.75 Å². The maximum atomic E-state index is 6.38. The van der Waals surface area contributed by atoms with Gasteiger partial charge in [0.05, 0.1) is 17.7 Å². The van der Waals surface area contributed by atoms with E-state index < -0.39 is 0 Å². The molecule has 0 bridgehead atoms. The van der Waals surface area contributed by atoms with Crippen molar-refractivity contribution in [3.63, 3.8) is 0 Å². The van der Waals surface area contributed by atoms with E-state index in [0.29, 0.717) is 5.02 Å². The van der Waals surface area contributed by atoms with Crippen molar-refractivity contribution < 1.29 is 4.74 Å². The van der Waals surface area contributed by atoms with Gasteiger partial charge >= 0.3 is 0 Å². The van der Waals surface area contributed by atoms with Crippen LogP contribution in [0.5, 0.6) is 5.75 Å². The number of ether oxygens (including phenoxy) is 1. The molecule has 3 nitrogen and oxygen atoms in total. The summed E-state index contributed by atoms with van der Waals surface area (Å²) in [6.45, 7) is 0.718. The van der Waals surface area contributed by atoms with Gasteiger partial charge in [-0.05, 0) is 33.1 Å². The van der Waals surface area contributed by atoms with Gasteiger partial charge in [0, 0.05) is 16.5 Å². The van der Waals surface area contributed by atoms with Gasteiger partial charge in [-0.2, -0.15) is 0 Å². The molecular weight excluding hydrogens is 340 g/mol. The molecule has 5 heteroatoms. The smallest absolute Gasteiger partial charge is 0.127 e. The Balaban J connectivity index is 2.11. The van der Waals surface area contributed by atoms with Crippen molar-refractivity contribution in [3.05, 3.63) is 62.6 Å². The van der Waals surface area contributed by atoms with Crippen LogP contribution in [-0.2, 0) is 6.42 Å². The Labute approximate surface area is 131 Å². The molecular formula is C15H14BrClN2O. The predicted molar refractivity (Wildman–Crippen MR) is 84.0 cm³/mol. The molecule has 0 spiro atoms. The molecule has 3 N–H and O–H groups in total. The van der Waals surface area contributed by atoms with Gasteiger partial charge in [0.1, 0.15) is 5.75 Å². The van der Waals surface area contributed by atoms with Crippen LogP contribution >= 0.6 is 27.5 Å². The molecule has 0 fully saturated rings. The first-order valence-electron chi connectivity index (χ1n) is 6.37. The summed E-state index contributed by atoms with van der Waals surface area (Å²) in [6, 6.07) is 11.7. The zero-order valence-electron chi connectivity index (χ0n) is 10.7. The lowest BCUT2D eigenvalue weighted by molar-refractivity contribution is 0.350. The van der Waals surface area contributed by atoms with Crippen LogP contribution in [0.4, 0.5) is 0 Å². The first-order chi connectivity index (χ1) is 9.72. The first kappa shape index (κ1) is 13.9. The largest absolute Gasteiger partial charge is 0.493 e. The van der Waals surface area contributed by atoms with E-state index >= 15 is 0 Å². The van der Waals surface area contributed by atoms with Crippen LogP contribution in [0.2, 0.25) is 5.02 Å². The van der Waals surface area contributed by atoms with Crippen LogP contribution in [0.3, 0.4) is 0 Å². The van der Waals surface area contributed by atoms with Crippen molar-refractivity contribution >= 4 is 27.5 Å². The molecule has 0 aliphatic carbocycles. The Morgan fingerprint density at radius 3 is 2.75 bits per heavy atom. The van der Waals surface area contributed by atoms with Gasteiger partial charge in [0.25, 0.3) is 0 Å². The number of rotatable bonds is 3. The third-order valence-corrected chi connectivity index (χ3v) is 4.83. The summed E-state index contributed by atoms with van der Waals surface area (Å²) in [5, 5.41) is 0.658. The summed E-state index contributed by atoms with van der Waals surface area (Å²) in [7, 11) is 0. The average molecular weight is 354 g/mol.